The number of benzene rings is 1. The fourth-order valence-electron chi connectivity index (χ4n) is 2.03. The number of nitrogens with zero attached hydrogens (tertiary/aromatic N) is 3. The average molecular weight is 273 g/mol. The first-order valence-electron chi connectivity index (χ1n) is 6.58. The summed E-state index contributed by atoms with van der Waals surface area (Å²) in [5, 5.41) is 10.7. The molecule has 0 saturated heterocycles. The van der Waals surface area contributed by atoms with Crippen LogP contribution in [0, 0.1) is 0 Å². The normalized spacial score (nSPS) is 12.1. The van der Waals surface area contributed by atoms with Gasteiger partial charge in [0.25, 0.3) is 0 Å². The van der Waals surface area contributed by atoms with Gasteiger partial charge in [-0.05, 0) is 5.56 Å². The number of carbonyl (C=O) groups is 1. The van der Waals surface area contributed by atoms with E-state index in [2.05, 4.69) is 15.5 Å². The van der Waals surface area contributed by atoms with Gasteiger partial charge >= 0.3 is 0 Å². The SMILES string of the molecule is Cn1cnnc1CCNC(=O)C(CN)c1ccccc1. The van der Waals surface area contributed by atoms with E-state index in [0.29, 0.717) is 19.5 Å². The fraction of sp³-hybridized carbons (Fsp3) is 0.357. The second kappa shape index (κ2) is 6.81. The smallest absolute Gasteiger partial charge is 0.228 e. The predicted octanol–water partition coefficient (Wildman–Crippen LogP) is 0.216. The molecule has 1 heterocycles. The number of hydrogen-bond acceptors (Lipinski definition) is 4. The van der Waals surface area contributed by atoms with Gasteiger partial charge in [-0.1, -0.05) is 30.3 Å². The maximum absolute atomic E-state index is 12.2. The summed E-state index contributed by atoms with van der Waals surface area (Å²) in [6.45, 7) is 0.814. The summed E-state index contributed by atoms with van der Waals surface area (Å²) in [6, 6.07) is 9.57. The van der Waals surface area contributed by atoms with E-state index in [9.17, 15) is 4.79 Å². The van der Waals surface area contributed by atoms with Gasteiger partial charge in [-0.15, -0.1) is 10.2 Å². The Morgan fingerprint density at radius 1 is 1.40 bits per heavy atom. The zero-order valence-electron chi connectivity index (χ0n) is 11.5. The van der Waals surface area contributed by atoms with Crippen LogP contribution in [0.5, 0.6) is 0 Å². The second-order valence-corrected chi connectivity index (χ2v) is 4.60. The van der Waals surface area contributed by atoms with Crippen LogP contribution in [0.2, 0.25) is 0 Å². The van der Waals surface area contributed by atoms with Gasteiger partial charge in [-0.3, -0.25) is 4.79 Å². The van der Waals surface area contributed by atoms with Gasteiger partial charge < -0.3 is 15.6 Å². The molecule has 3 N–H and O–H groups in total. The van der Waals surface area contributed by atoms with Crippen LogP contribution in [0.25, 0.3) is 0 Å². The van der Waals surface area contributed by atoms with Crippen LogP contribution in [-0.2, 0) is 18.3 Å². The molecule has 0 fully saturated rings. The molecule has 1 amide bonds. The first kappa shape index (κ1) is 14.2. The van der Waals surface area contributed by atoms with Crippen molar-refractivity contribution in [3.63, 3.8) is 0 Å². The highest BCUT2D eigenvalue weighted by molar-refractivity contribution is 5.83. The van der Waals surface area contributed by atoms with Crippen LogP contribution < -0.4 is 11.1 Å². The van der Waals surface area contributed by atoms with Gasteiger partial charge in [0.2, 0.25) is 5.91 Å². The number of carbonyl (C=O) groups excluding carboxylic acids is 1. The molecular weight excluding hydrogens is 254 g/mol. The first-order chi connectivity index (χ1) is 9.72. The summed E-state index contributed by atoms with van der Waals surface area (Å²) >= 11 is 0. The van der Waals surface area contributed by atoms with Crippen molar-refractivity contribution in [3.05, 3.63) is 48.0 Å². The first-order valence-corrected chi connectivity index (χ1v) is 6.58. The average Bonchev–Trinajstić information content (AvgIpc) is 2.86. The molecule has 1 aromatic heterocycles. The predicted molar refractivity (Wildman–Crippen MR) is 76.0 cm³/mol. The Labute approximate surface area is 118 Å². The molecule has 1 aromatic carbocycles. The van der Waals surface area contributed by atoms with E-state index in [1.165, 1.54) is 0 Å². The Morgan fingerprint density at radius 2 is 2.15 bits per heavy atom. The number of rotatable bonds is 6. The molecule has 0 saturated carbocycles. The molecular formula is C14H19N5O. The quantitative estimate of drug-likeness (QED) is 0.788. The Bertz CT molecular complexity index is 552. The Balaban J connectivity index is 1.89. The molecule has 6 nitrogen and oxygen atoms in total. The summed E-state index contributed by atoms with van der Waals surface area (Å²) in [4.78, 5) is 12.2. The van der Waals surface area contributed by atoms with Crippen molar-refractivity contribution in [2.75, 3.05) is 13.1 Å². The summed E-state index contributed by atoms with van der Waals surface area (Å²) in [5.74, 6) is 0.478. The standard InChI is InChI=1S/C14H19N5O/c1-19-10-17-18-13(19)7-8-16-14(20)12(9-15)11-5-3-2-4-6-11/h2-6,10,12H,7-9,15H2,1H3,(H,16,20). The van der Waals surface area contributed by atoms with Crippen molar-refractivity contribution < 1.29 is 4.79 Å². The van der Waals surface area contributed by atoms with Crippen LogP contribution in [0.1, 0.15) is 17.3 Å². The van der Waals surface area contributed by atoms with Crippen LogP contribution in [0.4, 0.5) is 0 Å². The third-order valence-corrected chi connectivity index (χ3v) is 3.21. The molecule has 0 aliphatic carbocycles. The van der Waals surface area contributed by atoms with E-state index in [4.69, 9.17) is 5.73 Å². The van der Waals surface area contributed by atoms with Gasteiger partial charge in [-0.25, -0.2) is 0 Å². The molecule has 0 aliphatic heterocycles. The van der Waals surface area contributed by atoms with E-state index in [-0.39, 0.29) is 11.8 Å². The molecule has 1 unspecified atom stereocenters. The molecule has 1 atom stereocenters. The van der Waals surface area contributed by atoms with Gasteiger partial charge in [0.05, 0.1) is 5.92 Å². The molecule has 106 valence electrons. The van der Waals surface area contributed by atoms with Crippen molar-refractivity contribution in [2.24, 2.45) is 12.8 Å². The Kier molecular flexibility index (Phi) is 4.84. The van der Waals surface area contributed by atoms with Crippen molar-refractivity contribution in [1.82, 2.24) is 20.1 Å². The van der Waals surface area contributed by atoms with Crippen molar-refractivity contribution >= 4 is 5.91 Å². The van der Waals surface area contributed by atoms with Gasteiger partial charge in [-0.2, -0.15) is 0 Å². The number of aryl methyl sites for hydroxylation is 1. The second-order valence-electron chi connectivity index (χ2n) is 4.60. The summed E-state index contributed by atoms with van der Waals surface area (Å²) in [6.07, 6.45) is 2.29. The number of nitrogens with one attached hydrogen (secondary N) is 1. The van der Waals surface area contributed by atoms with Gasteiger partial charge in [0.15, 0.2) is 0 Å². The largest absolute Gasteiger partial charge is 0.355 e. The minimum atomic E-state index is -0.310. The van der Waals surface area contributed by atoms with E-state index < -0.39 is 0 Å². The lowest BCUT2D eigenvalue weighted by Gasteiger charge is -2.15. The maximum Gasteiger partial charge on any atom is 0.228 e. The van der Waals surface area contributed by atoms with E-state index in [1.807, 2.05) is 41.9 Å². The van der Waals surface area contributed by atoms with E-state index in [1.54, 1.807) is 6.33 Å². The number of nitrogens with two attached hydrogens (primary N) is 1. The summed E-state index contributed by atoms with van der Waals surface area (Å²) < 4.78 is 1.84. The molecule has 2 aromatic rings. The van der Waals surface area contributed by atoms with E-state index >= 15 is 0 Å². The van der Waals surface area contributed by atoms with E-state index in [0.717, 1.165) is 11.4 Å². The van der Waals surface area contributed by atoms with Crippen LogP contribution in [-0.4, -0.2) is 33.8 Å². The lowest BCUT2D eigenvalue weighted by molar-refractivity contribution is -0.122. The summed E-state index contributed by atoms with van der Waals surface area (Å²) in [7, 11) is 1.88. The van der Waals surface area contributed by atoms with Crippen molar-refractivity contribution in [3.8, 4) is 0 Å². The lowest BCUT2D eigenvalue weighted by atomic mass is 9.98. The van der Waals surface area contributed by atoms with Crippen LogP contribution in [0.3, 0.4) is 0 Å². The highest BCUT2D eigenvalue weighted by Gasteiger charge is 2.18. The zero-order chi connectivity index (χ0) is 14.4. The molecule has 20 heavy (non-hydrogen) atoms. The van der Waals surface area contributed by atoms with Crippen LogP contribution >= 0.6 is 0 Å². The number of aromatic nitrogens is 3. The monoisotopic (exact) mass is 273 g/mol. The maximum atomic E-state index is 12.2. The van der Waals surface area contributed by atoms with Crippen LogP contribution in [0.15, 0.2) is 36.7 Å². The van der Waals surface area contributed by atoms with Gasteiger partial charge in [0, 0.05) is 26.6 Å². The highest BCUT2D eigenvalue weighted by atomic mass is 16.1. The zero-order valence-corrected chi connectivity index (χ0v) is 11.5. The fourth-order valence-corrected chi connectivity index (χ4v) is 2.03. The molecule has 2 rings (SSSR count). The molecule has 0 bridgehead atoms. The minimum Gasteiger partial charge on any atom is -0.355 e. The molecule has 0 spiro atoms. The molecule has 6 heteroatoms. The Morgan fingerprint density at radius 3 is 2.75 bits per heavy atom. The third kappa shape index (κ3) is 3.42. The Hall–Kier alpha value is -2.21. The number of hydrogen-bond donors (Lipinski definition) is 2. The highest BCUT2D eigenvalue weighted by Crippen LogP contribution is 2.13. The minimum absolute atomic E-state index is 0.0548. The third-order valence-electron chi connectivity index (χ3n) is 3.21. The number of amides is 1. The summed E-state index contributed by atoms with van der Waals surface area (Å²) in [5.41, 5.74) is 6.65. The lowest BCUT2D eigenvalue weighted by Crippen LogP contribution is -2.34. The topological polar surface area (TPSA) is 85.8 Å². The van der Waals surface area contributed by atoms with Crippen molar-refractivity contribution in [1.29, 1.82) is 0 Å². The molecule has 0 radical (unpaired) electrons. The van der Waals surface area contributed by atoms with Gasteiger partial charge in [0.1, 0.15) is 12.2 Å². The molecule has 0 aliphatic rings. The van der Waals surface area contributed by atoms with Crippen molar-refractivity contribution in [2.45, 2.75) is 12.3 Å².